The molecule has 1 fully saturated rings. The second-order valence-electron chi connectivity index (χ2n) is 3.77. The van der Waals surface area contributed by atoms with E-state index in [9.17, 15) is 0 Å². The summed E-state index contributed by atoms with van der Waals surface area (Å²) < 4.78 is 1.84. The van der Waals surface area contributed by atoms with Crippen molar-refractivity contribution in [2.24, 2.45) is 4.99 Å². The molecule has 0 amide bonds. The molecule has 88 valence electrons. The quantitative estimate of drug-likeness (QED) is 0.783. The fraction of sp³-hybridized carbons (Fsp3) is 0.700. The molecule has 1 N–H and O–H groups in total. The van der Waals surface area contributed by atoms with Gasteiger partial charge in [-0.25, -0.2) is 0 Å². The Labute approximate surface area is 99.7 Å². The summed E-state index contributed by atoms with van der Waals surface area (Å²) in [5, 5.41) is 12.2. The van der Waals surface area contributed by atoms with Crippen LogP contribution in [0.2, 0.25) is 0 Å². The molecule has 2 rings (SSSR count). The first-order valence-electron chi connectivity index (χ1n) is 5.66. The highest BCUT2D eigenvalue weighted by molar-refractivity contribution is 8.14. The van der Waals surface area contributed by atoms with Gasteiger partial charge in [0, 0.05) is 31.1 Å². The van der Waals surface area contributed by atoms with Crippen molar-refractivity contribution >= 4 is 16.9 Å². The Morgan fingerprint density at radius 1 is 1.69 bits per heavy atom. The maximum atomic E-state index is 4.53. The SMILES string of the molecule is CCC1CSC(=NCCCn2ccnn2)N1. The smallest absolute Gasteiger partial charge is 0.156 e. The number of aliphatic imine (C=N–C) groups is 1. The zero-order valence-electron chi connectivity index (χ0n) is 9.46. The van der Waals surface area contributed by atoms with E-state index in [0.29, 0.717) is 6.04 Å². The molecule has 5 nitrogen and oxygen atoms in total. The highest BCUT2D eigenvalue weighted by atomic mass is 32.2. The first-order valence-corrected chi connectivity index (χ1v) is 6.65. The van der Waals surface area contributed by atoms with Gasteiger partial charge >= 0.3 is 0 Å². The van der Waals surface area contributed by atoms with Gasteiger partial charge in [-0.15, -0.1) is 5.10 Å². The Morgan fingerprint density at radius 3 is 3.31 bits per heavy atom. The molecule has 16 heavy (non-hydrogen) atoms. The number of nitrogens with one attached hydrogen (secondary N) is 1. The van der Waals surface area contributed by atoms with Gasteiger partial charge in [0.2, 0.25) is 0 Å². The van der Waals surface area contributed by atoms with Crippen LogP contribution >= 0.6 is 11.8 Å². The highest BCUT2D eigenvalue weighted by Crippen LogP contribution is 2.15. The number of hydrogen-bond acceptors (Lipinski definition) is 4. The summed E-state index contributed by atoms with van der Waals surface area (Å²) in [6.45, 7) is 3.94. The Hall–Kier alpha value is -1.04. The fourth-order valence-corrected chi connectivity index (χ4v) is 2.62. The fourth-order valence-electron chi connectivity index (χ4n) is 1.51. The molecule has 0 aromatic carbocycles. The van der Waals surface area contributed by atoms with E-state index in [4.69, 9.17) is 0 Å². The molecular formula is C10H17N5S. The first-order chi connectivity index (χ1) is 7.88. The van der Waals surface area contributed by atoms with Crippen molar-refractivity contribution in [3.63, 3.8) is 0 Å². The van der Waals surface area contributed by atoms with Gasteiger partial charge in [-0.05, 0) is 12.8 Å². The summed E-state index contributed by atoms with van der Waals surface area (Å²) in [7, 11) is 0. The van der Waals surface area contributed by atoms with Gasteiger partial charge in [0.1, 0.15) is 0 Å². The van der Waals surface area contributed by atoms with Crippen LogP contribution in [0, 0.1) is 0 Å². The summed E-state index contributed by atoms with van der Waals surface area (Å²) in [5.41, 5.74) is 0. The van der Waals surface area contributed by atoms with Crippen LogP contribution in [0.15, 0.2) is 17.4 Å². The van der Waals surface area contributed by atoms with Crippen molar-refractivity contribution < 1.29 is 0 Å². The largest absolute Gasteiger partial charge is 0.361 e. The van der Waals surface area contributed by atoms with Gasteiger partial charge in [0.15, 0.2) is 5.17 Å². The second-order valence-corrected chi connectivity index (χ2v) is 4.78. The average Bonchev–Trinajstić information content (AvgIpc) is 2.95. The summed E-state index contributed by atoms with van der Waals surface area (Å²) in [6.07, 6.45) is 5.76. The lowest BCUT2D eigenvalue weighted by Gasteiger charge is -2.04. The van der Waals surface area contributed by atoms with E-state index >= 15 is 0 Å². The van der Waals surface area contributed by atoms with E-state index in [1.54, 1.807) is 6.20 Å². The molecule has 6 heteroatoms. The number of aromatic nitrogens is 3. The van der Waals surface area contributed by atoms with Crippen molar-refractivity contribution in [2.75, 3.05) is 12.3 Å². The summed E-state index contributed by atoms with van der Waals surface area (Å²) >= 11 is 1.83. The summed E-state index contributed by atoms with van der Waals surface area (Å²) in [4.78, 5) is 4.53. The second kappa shape index (κ2) is 5.89. The monoisotopic (exact) mass is 239 g/mol. The van der Waals surface area contributed by atoms with Crippen LogP contribution in [0.3, 0.4) is 0 Å². The Balaban J connectivity index is 1.66. The molecule has 1 aliphatic rings. The number of thioether (sulfide) groups is 1. The van der Waals surface area contributed by atoms with Gasteiger partial charge in [-0.1, -0.05) is 23.9 Å². The molecule has 0 saturated carbocycles. The number of amidine groups is 1. The third kappa shape index (κ3) is 3.23. The molecule has 1 atom stereocenters. The topological polar surface area (TPSA) is 55.1 Å². The van der Waals surface area contributed by atoms with E-state index < -0.39 is 0 Å². The van der Waals surface area contributed by atoms with E-state index in [2.05, 4.69) is 27.5 Å². The van der Waals surface area contributed by atoms with E-state index in [0.717, 1.165) is 30.4 Å². The van der Waals surface area contributed by atoms with Crippen LogP contribution in [-0.4, -0.2) is 38.5 Å². The van der Waals surface area contributed by atoms with Crippen LogP contribution < -0.4 is 5.32 Å². The lowest BCUT2D eigenvalue weighted by molar-refractivity contribution is 0.564. The lowest BCUT2D eigenvalue weighted by atomic mass is 10.3. The number of nitrogens with zero attached hydrogens (tertiary/aromatic N) is 4. The third-order valence-corrected chi connectivity index (χ3v) is 3.60. The van der Waals surface area contributed by atoms with Crippen molar-refractivity contribution in [1.29, 1.82) is 0 Å². The molecule has 1 aromatic rings. The lowest BCUT2D eigenvalue weighted by Crippen LogP contribution is -2.25. The standard InChI is InChI=1S/C10H17N5S/c1-2-9-8-16-10(13-9)11-4-3-6-15-7-5-12-14-15/h5,7,9H,2-4,6,8H2,1H3,(H,11,13). The van der Waals surface area contributed by atoms with Crippen molar-refractivity contribution in [3.05, 3.63) is 12.4 Å². The zero-order valence-corrected chi connectivity index (χ0v) is 10.3. The molecule has 1 aromatic heterocycles. The maximum Gasteiger partial charge on any atom is 0.156 e. The van der Waals surface area contributed by atoms with Gasteiger partial charge in [-0.3, -0.25) is 9.67 Å². The van der Waals surface area contributed by atoms with Crippen LogP contribution in [0.25, 0.3) is 0 Å². The van der Waals surface area contributed by atoms with Gasteiger partial charge in [0.25, 0.3) is 0 Å². The minimum absolute atomic E-state index is 0.610. The molecule has 1 saturated heterocycles. The van der Waals surface area contributed by atoms with Gasteiger partial charge in [0.05, 0.1) is 6.20 Å². The van der Waals surface area contributed by atoms with Crippen LogP contribution in [0.4, 0.5) is 0 Å². The Bertz CT molecular complexity index is 335. The van der Waals surface area contributed by atoms with Crippen LogP contribution in [-0.2, 0) is 6.54 Å². The Kier molecular flexibility index (Phi) is 4.21. The summed E-state index contributed by atoms with van der Waals surface area (Å²) in [6, 6.07) is 0.610. The molecule has 0 spiro atoms. The minimum Gasteiger partial charge on any atom is -0.361 e. The maximum absolute atomic E-state index is 4.53. The van der Waals surface area contributed by atoms with E-state index in [1.165, 1.54) is 6.42 Å². The molecule has 1 unspecified atom stereocenters. The molecule has 2 heterocycles. The molecule has 0 radical (unpaired) electrons. The predicted molar refractivity (Wildman–Crippen MR) is 66.6 cm³/mol. The number of rotatable bonds is 5. The van der Waals surface area contributed by atoms with Crippen LogP contribution in [0.5, 0.6) is 0 Å². The number of hydrogen-bond donors (Lipinski definition) is 1. The minimum atomic E-state index is 0.610. The van der Waals surface area contributed by atoms with E-state index in [-0.39, 0.29) is 0 Å². The Morgan fingerprint density at radius 2 is 2.62 bits per heavy atom. The highest BCUT2D eigenvalue weighted by Gasteiger charge is 2.17. The van der Waals surface area contributed by atoms with Gasteiger partial charge in [-0.2, -0.15) is 0 Å². The third-order valence-electron chi connectivity index (χ3n) is 2.51. The van der Waals surface area contributed by atoms with Crippen LogP contribution in [0.1, 0.15) is 19.8 Å². The molecule has 0 bridgehead atoms. The zero-order chi connectivity index (χ0) is 11.2. The van der Waals surface area contributed by atoms with Crippen molar-refractivity contribution in [2.45, 2.75) is 32.4 Å². The summed E-state index contributed by atoms with van der Waals surface area (Å²) in [5.74, 6) is 1.15. The van der Waals surface area contributed by atoms with Crippen molar-refractivity contribution in [3.8, 4) is 0 Å². The average molecular weight is 239 g/mol. The number of aryl methyl sites for hydroxylation is 1. The molecule has 1 aliphatic heterocycles. The molecular weight excluding hydrogens is 222 g/mol. The van der Waals surface area contributed by atoms with Gasteiger partial charge < -0.3 is 5.32 Å². The molecule has 0 aliphatic carbocycles. The predicted octanol–water partition coefficient (Wildman–Crippen LogP) is 1.14. The van der Waals surface area contributed by atoms with E-state index in [1.807, 2.05) is 22.6 Å². The van der Waals surface area contributed by atoms with Crippen molar-refractivity contribution in [1.82, 2.24) is 20.3 Å². The first kappa shape index (κ1) is 11.4. The normalized spacial score (nSPS) is 22.6.